The maximum Gasteiger partial charge on any atom is 0.285 e. The third kappa shape index (κ3) is 2.96. The van der Waals surface area contributed by atoms with Crippen LogP contribution in [0.4, 0.5) is 8.78 Å². The first-order valence-electron chi connectivity index (χ1n) is 3.62. The Morgan fingerprint density at radius 1 is 1.58 bits per heavy atom. The zero-order valence-electron chi connectivity index (χ0n) is 7.06. The lowest BCUT2D eigenvalue weighted by Gasteiger charge is -2.13. The Bertz CT molecular complexity index is 205. The fourth-order valence-electron chi connectivity index (χ4n) is 0.657. The van der Waals surface area contributed by atoms with E-state index in [0.717, 1.165) is 6.08 Å². The van der Waals surface area contributed by atoms with E-state index in [1.54, 1.807) is 13.0 Å². The molecule has 12 heavy (non-hydrogen) atoms. The van der Waals surface area contributed by atoms with Crippen molar-refractivity contribution >= 4 is 0 Å². The van der Waals surface area contributed by atoms with Gasteiger partial charge in [0, 0.05) is 5.57 Å². The highest BCUT2D eigenvalue weighted by Gasteiger charge is 2.29. The average Bonchev–Trinajstić information content (AvgIpc) is 2.05. The second kappa shape index (κ2) is 4.83. The summed E-state index contributed by atoms with van der Waals surface area (Å²) in [7, 11) is 0. The Kier molecular flexibility index (Phi) is 4.44. The van der Waals surface area contributed by atoms with Crippen LogP contribution in [0.3, 0.4) is 0 Å². The van der Waals surface area contributed by atoms with Crippen LogP contribution in [0.15, 0.2) is 36.5 Å². The topological polar surface area (TPSA) is 26.0 Å². The van der Waals surface area contributed by atoms with Crippen molar-refractivity contribution in [3.8, 4) is 0 Å². The molecule has 0 spiro atoms. The molecule has 0 atom stereocenters. The maximum atomic E-state index is 12.8. The predicted octanol–water partition coefficient (Wildman–Crippen LogP) is 2.27. The number of alkyl halides is 2. The molecule has 68 valence electrons. The summed E-state index contributed by atoms with van der Waals surface area (Å²) in [5.74, 6) is -2.97. The zero-order valence-corrected chi connectivity index (χ0v) is 7.06. The summed E-state index contributed by atoms with van der Waals surface area (Å²) < 4.78 is 25.7. The highest BCUT2D eigenvalue weighted by Crippen LogP contribution is 2.23. The van der Waals surface area contributed by atoms with Gasteiger partial charge in [0.1, 0.15) is 0 Å². The van der Waals surface area contributed by atoms with Crippen LogP contribution in [0, 0.1) is 0 Å². The lowest BCUT2D eigenvalue weighted by atomic mass is 10.1. The molecule has 0 unspecified atom stereocenters. The van der Waals surface area contributed by atoms with Crippen molar-refractivity contribution in [3.05, 3.63) is 36.5 Å². The lowest BCUT2D eigenvalue weighted by molar-refractivity contribution is 0.0556. The molecule has 0 bridgehead atoms. The van der Waals surface area contributed by atoms with Crippen LogP contribution in [0.25, 0.3) is 0 Å². The van der Waals surface area contributed by atoms with Gasteiger partial charge < -0.3 is 5.73 Å². The van der Waals surface area contributed by atoms with Gasteiger partial charge in [0.25, 0.3) is 5.92 Å². The van der Waals surface area contributed by atoms with Gasteiger partial charge in [-0.25, -0.2) is 0 Å². The van der Waals surface area contributed by atoms with Gasteiger partial charge in [0.2, 0.25) is 0 Å². The lowest BCUT2D eigenvalue weighted by Crippen LogP contribution is -2.29. The molecular formula is C9H13F2N. The molecule has 0 fully saturated rings. The van der Waals surface area contributed by atoms with Crippen LogP contribution in [0.5, 0.6) is 0 Å². The third-order valence-electron chi connectivity index (χ3n) is 1.37. The van der Waals surface area contributed by atoms with E-state index in [1.807, 2.05) is 0 Å². The van der Waals surface area contributed by atoms with Crippen molar-refractivity contribution in [1.29, 1.82) is 0 Å². The van der Waals surface area contributed by atoms with Crippen molar-refractivity contribution in [2.24, 2.45) is 5.73 Å². The molecular weight excluding hydrogens is 160 g/mol. The van der Waals surface area contributed by atoms with Crippen molar-refractivity contribution < 1.29 is 8.78 Å². The first kappa shape index (κ1) is 11.0. The first-order chi connectivity index (χ1) is 5.58. The van der Waals surface area contributed by atoms with Gasteiger partial charge in [0.15, 0.2) is 0 Å². The SMILES string of the molecule is C=C/C(=C\C=C/C)C(F)(F)CN. The molecule has 0 saturated heterocycles. The first-order valence-corrected chi connectivity index (χ1v) is 3.62. The van der Waals surface area contributed by atoms with Gasteiger partial charge >= 0.3 is 0 Å². The second-order valence-corrected chi connectivity index (χ2v) is 2.26. The Balaban J connectivity index is 4.65. The van der Waals surface area contributed by atoms with E-state index in [2.05, 4.69) is 6.58 Å². The highest BCUT2D eigenvalue weighted by atomic mass is 19.3. The molecule has 0 aromatic carbocycles. The minimum Gasteiger partial charge on any atom is -0.325 e. The minimum absolute atomic E-state index is 0.150. The summed E-state index contributed by atoms with van der Waals surface area (Å²) in [6.07, 6.45) is 5.61. The summed E-state index contributed by atoms with van der Waals surface area (Å²) in [6.45, 7) is 4.35. The molecule has 0 aliphatic rings. The molecule has 2 N–H and O–H groups in total. The predicted molar refractivity (Wildman–Crippen MR) is 47.1 cm³/mol. The van der Waals surface area contributed by atoms with Crippen LogP contribution in [0.2, 0.25) is 0 Å². The molecule has 0 aromatic heterocycles. The number of nitrogens with two attached hydrogens (primary N) is 1. The number of hydrogen-bond donors (Lipinski definition) is 1. The normalized spacial score (nSPS) is 13.8. The number of halogens is 2. The van der Waals surface area contributed by atoms with E-state index in [0.29, 0.717) is 0 Å². The van der Waals surface area contributed by atoms with Crippen molar-refractivity contribution in [2.75, 3.05) is 6.54 Å². The maximum absolute atomic E-state index is 12.8. The van der Waals surface area contributed by atoms with Crippen LogP contribution >= 0.6 is 0 Å². The molecule has 3 heteroatoms. The molecule has 0 heterocycles. The molecule has 0 aliphatic carbocycles. The molecule has 0 rings (SSSR count). The van der Waals surface area contributed by atoms with Crippen molar-refractivity contribution in [1.82, 2.24) is 0 Å². The van der Waals surface area contributed by atoms with E-state index >= 15 is 0 Å². The summed E-state index contributed by atoms with van der Waals surface area (Å²) in [5, 5.41) is 0. The van der Waals surface area contributed by atoms with Gasteiger partial charge in [-0.2, -0.15) is 8.78 Å². The number of hydrogen-bond acceptors (Lipinski definition) is 1. The highest BCUT2D eigenvalue weighted by molar-refractivity contribution is 5.28. The summed E-state index contributed by atoms with van der Waals surface area (Å²) in [5.41, 5.74) is 4.74. The molecule has 0 amide bonds. The monoisotopic (exact) mass is 173 g/mol. The van der Waals surface area contributed by atoms with Crippen LogP contribution in [0.1, 0.15) is 6.92 Å². The Hall–Kier alpha value is -0.960. The average molecular weight is 173 g/mol. The molecule has 0 aromatic rings. The van der Waals surface area contributed by atoms with Crippen molar-refractivity contribution in [2.45, 2.75) is 12.8 Å². The molecule has 0 aliphatic heterocycles. The van der Waals surface area contributed by atoms with E-state index in [9.17, 15) is 8.78 Å². The van der Waals surface area contributed by atoms with E-state index < -0.39 is 12.5 Å². The largest absolute Gasteiger partial charge is 0.325 e. The van der Waals surface area contributed by atoms with E-state index in [1.165, 1.54) is 12.2 Å². The van der Waals surface area contributed by atoms with Crippen LogP contribution in [-0.2, 0) is 0 Å². The Morgan fingerprint density at radius 3 is 2.50 bits per heavy atom. The van der Waals surface area contributed by atoms with Gasteiger partial charge in [-0.3, -0.25) is 0 Å². The standard InChI is InChI=1S/C9H13F2N/c1-3-5-6-8(4-2)9(10,11)7-12/h3-6H,2,7,12H2,1H3/b5-3-,8-6+. The summed E-state index contributed by atoms with van der Waals surface area (Å²) in [6, 6.07) is 0. The number of allylic oxidation sites excluding steroid dienone is 4. The summed E-state index contributed by atoms with van der Waals surface area (Å²) >= 11 is 0. The van der Waals surface area contributed by atoms with E-state index in [4.69, 9.17) is 5.73 Å². The Labute approximate surface area is 71.3 Å². The fraction of sp³-hybridized carbons (Fsp3) is 0.333. The zero-order chi connectivity index (χ0) is 9.61. The smallest absolute Gasteiger partial charge is 0.285 e. The van der Waals surface area contributed by atoms with Gasteiger partial charge in [0.05, 0.1) is 6.54 Å². The summed E-state index contributed by atoms with van der Waals surface area (Å²) in [4.78, 5) is 0. The molecule has 1 nitrogen and oxygen atoms in total. The third-order valence-corrected chi connectivity index (χ3v) is 1.37. The van der Waals surface area contributed by atoms with Gasteiger partial charge in [-0.05, 0) is 6.92 Å². The van der Waals surface area contributed by atoms with Crippen LogP contribution < -0.4 is 5.73 Å². The molecule has 0 saturated carbocycles. The number of rotatable bonds is 4. The molecule has 0 radical (unpaired) electrons. The Morgan fingerprint density at radius 2 is 2.17 bits per heavy atom. The van der Waals surface area contributed by atoms with Crippen LogP contribution in [-0.4, -0.2) is 12.5 Å². The minimum atomic E-state index is -2.97. The fourth-order valence-corrected chi connectivity index (χ4v) is 0.657. The van der Waals surface area contributed by atoms with Gasteiger partial charge in [-0.1, -0.05) is 30.9 Å². The van der Waals surface area contributed by atoms with Gasteiger partial charge in [-0.15, -0.1) is 0 Å². The quantitative estimate of drug-likeness (QED) is 0.648. The van der Waals surface area contributed by atoms with Crippen molar-refractivity contribution in [3.63, 3.8) is 0 Å². The second-order valence-electron chi connectivity index (χ2n) is 2.26. The van der Waals surface area contributed by atoms with E-state index in [-0.39, 0.29) is 5.57 Å².